The van der Waals surface area contributed by atoms with Crippen molar-refractivity contribution in [2.45, 2.75) is 19.3 Å². The molecule has 1 fully saturated rings. The van der Waals surface area contributed by atoms with Crippen molar-refractivity contribution in [1.29, 1.82) is 0 Å². The highest BCUT2D eigenvalue weighted by Gasteiger charge is 2.27. The monoisotopic (exact) mass is 312 g/mol. The molecule has 1 saturated heterocycles. The molecule has 0 bridgehead atoms. The maximum Gasteiger partial charge on any atom is 0.179 e. The average molecular weight is 312 g/mol. The minimum absolute atomic E-state index is 0.0464. The third-order valence-electron chi connectivity index (χ3n) is 4.88. The van der Waals surface area contributed by atoms with E-state index in [1.165, 1.54) is 0 Å². The summed E-state index contributed by atoms with van der Waals surface area (Å²) in [7, 11) is 0. The van der Waals surface area contributed by atoms with Gasteiger partial charge in [-0.15, -0.1) is 6.58 Å². The molecule has 2 heterocycles. The lowest BCUT2D eigenvalue weighted by Crippen LogP contribution is -2.36. The summed E-state index contributed by atoms with van der Waals surface area (Å²) in [6.07, 6.45) is 3.99. The van der Waals surface area contributed by atoms with E-state index in [-0.39, 0.29) is 12.4 Å². The predicted octanol–water partition coefficient (Wildman–Crippen LogP) is 2.69. The molecule has 2 aromatic rings. The van der Waals surface area contributed by atoms with Gasteiger partial charge in [0.25, 0.3) is 0 Å². The van der Waals surface area contributed by atoms with E-state index in [9.17, 15) is 9.90 Å². The van der Waals surface area contributed by atoms with Gasteiger partial charge in [-0.05, 0) is 42.9 Å². The van der Waals surface area contributed by atoms with E-state index in [0.29, 0.717) is 30.4 Å². The van der Waals surface area contributed by atoms with Gasteiger partial charge < -0.3 is 15.4 Å². The summed E-state index contributed by atoms with van der Waals surface area (Å²) in [6, 6.07) is 7.90. The van der Waals surface area contributed by atoms with Gasteiger partial charge in [0.15, 0.2) is 5.78 Å². The van der Waals surface area contributed by atoms with Crippen LogP contribution in [0.2, 0.25) is 0 Å². The zero-order chi connectivity index (χ0) is 16.2. The number of ketones is 1. The van der Waals surface area contributed by atoms with Crippen LogP contribution in [-0.2, 0) is 6.42 Å². The highest BCUT2D eigenvalue weighted by Crippen LogP contribution is 2.28. The van der Waals surface area contributed by atoms with Gasteiger partial charge in [0, 0.05) is 30.5 Å². The van der Waals surface area contributed by atoms with Gasteiger partial charge in [-0.3, -0.25) is 4.79 Å². The minimum atomic E-state index is 0.0464. The van der Waals surface area contributed by atoms with E-state index in [2.05, 4.69) is 16.9 Å². The number of hydrogen-bond donors (Lipinski definition) is 3. The van der Waals surface area contributed by atoms with Crippen molar-refractivity contribution >= 4 is 16.7 Å². The topological polar surface area (TPSA) is 65.1 Å². The summed E-state index contributed by atoms with van der Waals surface area (Å²) in [4.78, 5) is 16.1. The van der Waals surface area contributed by atoms with Crippen LogP contribution in [0.1, 0.15) is 28.9 Å². The molecule has 4 nitrogen and oxygen atoms in total. The molecule has 1 aliphatic heterocycles. The Hall–Kier alpha value is -1.91. The largest absolute Gasteiger partial charge is 0.396 e. The number of aromatic nitrogens is 1. The number of aliphatic hydroxyl groups excluding tert-OH is 1. The maximum absolute atomic E-state index is 12.9. The van der Waals surface area contributed by atoms with Gasteiger partial charge >= 0.3 is 0 Å². The highest BCUT2D eigenvalue weighted by molar-refractivity contribution is 6.02. The lowest BCUT2D eigenvalue weighted by molar-refractivity contribution is 0.0934. The van der Waals surface area contributed by atoms with Crippen molar-refractivity contribution in [2.75, 3.05) is 19.7 Å². The van der Waals surface area contributed by atoms with Crippen LogP contribution in [0.5, 0.6) is 0 Å². The molecule has 0 radical (unpaired) electrons. The van der Waals surface area contributed by atoms with Crippen molar-refractivity contribution in [3.8, 4) is 0 Å². The first kappa shape index (κ1) is 16.0. The quantitative estimate of drug-likeness (QED) is 0.567. The predicted molar refractivity (Wildman–Crippen MR) is 92.7 cm³/mol. The molecule has 3 N–H and O–H groups in total. The Labute approximate surface area is 136 Å². The number of aliphatic hydroxyl groups is 1. The number of benzene rings is 1. The molecule has 0 spiro atoms. The summed E-state index contributed by atoms with van der Waals surface area (Å²) in [5.41, 5.74) is 2.57. The molecule has 0 aliphatic carbocycles. The van der Waals surface area contributed by atoms with Crippen molar-refractivity contribution in [1.82, 2.24) is 10.3 Å². The molecule has 0 unspecified atom stereocenters. The SMILES string of the molecule is C=C[C@H]1CNCC[C@H]1CC(=O)c1[nH]c2ccccc2c1CCO. The van der Waals surface area contributed by atoms with Crippen LogP contribution in [0.3, 0.4) is 0 Å². The molecular formula is C19H24N2O2. The molecular weight excluding hydrogens is 288 g/mol. The molecule has 23 heavy (non-hydrogen) atoms. The van der Waals surface area contributed by atoms with E-state index >= 15 is 0 Å². The van der Waals surface area contributed by atoms with Gasteiger partial charge in [-0.1, -0.05) is 24.3 Å². The molecule has 0 amide bonds. The number of para-hydroxylation sites is 1. The van der Waals surface area contributed by atoms with E-state index < -0.39 is 0 Å². The van der Waals surface area contributed by atoms with E-state index in [1.807, 2.05) is 30.3 Å². The first-order valence-corrected chi connectivity index (χ1v) is 8.31. The number of rotatable bonds is 6. The molecule has 2 atom stereocenters. The average Bonchev–Trinajstić information content (AvgIpc) is 2.95. The number of fused-ring (bicyclic) bond motifs is 1. The molecule has 1 aromatic heterocycles. The second-order valence-corrected chi connectivity index (χ2v) is 6.28. The Kier molecular flexibility index (Phi) is 4.94. The molecule has 1 aliphatic rings. The van der Waals surface area contributed by atoms with Gasteiger partial charge in [0.2, 0.25) is 0 Å². The number of piperidine rings is 1. The molecule has 3 rings (SSSR count). The van der Waals surface area contributed by atoms with Gasteiger partial charge in [0.05, 0.1) is 5.69 Å². The van der Waals surface area contributed by atoms with Crippen molar-refractivity contribution in [2.24, 2.45) is 11.8 Å². The fourth-order valence-electron chi connectivity index (χ4n) is 3.62. The van der Waals surface area contributed by atoms with Crippen LogP contribution >= 0.6 is 0 Å². The number of nitrogens with one attached hydrogen (secondary N) is 2. The van der Waals surface area contributed by atoms with E-state index in [4.69, 9.17) is 0 Å². The molecule has 0 saturated carbocycles. The standard InChI is InChI=1S/C19H24N2O2/c1-2-13-12-20-9-7-14(13)11-18(23)19-16(8-10-22)15-5-3-4-6-17(15)21-19/h2-6,13-14,20-22H,1,7-12H2/t13-,14-/m0/s1. The zero-order valence-electron chi connectivity index (χ0n) is 13.3. The number of aromatic amines is 1. The Morgan fingerprint density at radius 3 is 3.00 bits per heavy atom. The smallest absolute Gasteiger partial charge is 0.179 e. The number of carbonyl (C=O) groups excluding carboxylic acids is 1. The number of Topliss-reactive ketones (excluding diaryl/α,β-unsaturated/α-hetero) is 1. The Morgan fingerprint density at radius 2 is 2.22 bits per heavy atom. The Morgan fingerprint density at radius 1 is 1.39 bits per heavy atom. The van der Waals surface area contributed by atoms with Crippen molar-refractivity contribution in [3.63, 3.8) is 0 Å². The van der Waals surface area contributed by atoms with Crippen LogP contribution in [0.25, 0.3) is 10.9 Å². The van der Waals surface area contributed by atoms with Gasteiger partial charge in [0.1, 0.15) is 0 Å². The third-order valence-corrected chi connectivity index (χ3v) is 4.88. The lowest BCUT2D eigenvalue weighted by Gasteiger charge is -2.29. The van der Waals surface area contributed by atoms with Gasteiger partial charge in [-0.25, -0.2) is 0 Å². The highest BCUT2D eigenvalue weighted by atomic mass is 16.3. The first-order valence-electron chi connectivity index (χ1n) is 8.31. The molecule has 122 valence electrons. The fourth-order valence-corrected chi connectivity index (χ4v) is 3.62. The second-order valence-electron chi connectivity index (χ2n) is 6.28. The maximum atomic E-state index is 12.9. The van der Waals surface area contributed by atoms with E-state index in [0.717, 1.165) is 36.0 Å². The lowest BCUT2D eigenvalue weighted by atomic mass is 9.82. The number of H-pyrrole nitrogens is 1. The Balaban J connectivity index is 1.88. The second kappa shape index (κ2) is 7.11. The van der Waals surface area contributed by atoms with Crippen LogP contribution < -0.4 is 5.32 Å². The fraction of sp³-hybridized carbons (Fsp3) is 0.421. The first-order chi connectivity index (χ1) is 11.2. The van der Waals surface area contributed by atoms with E-state index in [1.54, 1.807) is 0 Å². The van der Waals surface area contributed by atoms with Crippen molar-refractivity contribution < 1.29 is 9.90 Å². The zero-order valence-corrected chi connectivity index (χ0v) is 13.3. The van der Waals surface area contributed by atoms with Crippen LogP contribution in [0.4, 0.5) is 0 Å². The number of hydrogen-bond acceptors (Lipinski definition) is 3. The summed E-state index contributed by atoms with van der Waals surface area (Å²) >= 11 is 0. The summed E-state index contributed by atoms with van der Waals surface area (Å²) in [5.74, 6) is 0.830. The van der Waals surface area contributed by atoms with Crippen molar-refractivity contribution in [3.05, 3.63) is 48.2 Å². The third kappa shape index (κ3) is 3.23. The summed E-state index contributed by atoms with van der Waals surface area (Å²) < 4.78 is 0. The van der Waals surface area contributed by atoms with Crippen LogP contribution in [-0.4, -0.2) is 35.6 Å². The van der Waals surface area contributed by atoms with Gasteiger partial charge in [-0.2, -0.15) is 0 Å². The summed E-state index contributed by atoms with van der Waals surface area (Å²) in [5, 5.41) is 13.8. The summed E-state index contributed by atoms with van der Waals surface area (Å²) in [6.45, 7) is 5.81. The van der Waals surface area contributed by atoms with Crippen LogP contribution in [0, 0.1) is 11.8 Å². The Bertz CT molecular complexity index is 704. The normalized spacial score (nSPS) is 21.4. The van der Waals surface area contributed by atoms with Crippen LogP contribution in [0.15, 0.2) is 36.9 Å². The molecule has 4 heteroatoms. The number of carbonyl (C=O) groups is 1. The molecule has 1 aromatic carbocycles. The minimum Gasteiger partial charge on any atom is -0.396 e.